The molecular formula is C26H30FN7O. The Kier molecular flexibility index (Phi) is 10.2. The Morgan fingerprint density at radius 3 is 2.20 bits per heavy atom. The van der Waals surface area contributed by atoms with E-state index in [1.807, 2.05) is 19.0 Å². The molecule has 3 aromatic carbocycles. The van der Waals surface area contributed by atoms with Crippen molar-refractivity contribution in [2.75, 3.05) is 38.3 Å². The lowest BCUT2D eigenvalue weighted by Gasteiger charge is -2.11. The fourth-order valence-electron chi connectivity index (χ4n) is 2.74. The molecule has 9 heteroatoms. The van der Waals surface area contributed by atoms with Crippen LogP contribution in [0.1, 0.15) is 27.0 Å². The third kappa shape index (κ3) is 9.17. The minimum atomic E-state index is -0.306. The van der Waals surface area contributed by atoms with Crippen molar-refractivity contribution in [2.24, 2.45) is 11.6 Å². The largest absolute Gasteiger partial charge is 0.399 e. The molecule has 0 aliphatic rings. The van der Waals surface area contributed by atoms with Gasteiger partial charge in [-0.2, -0.15) is 0 Å². The van der Waals surface area contributed by atoms with Crippen molar-refractivity contribution < 1.29 is 9.18 Å². The minimum Gasteiger partial charge on any atom is -0.399 e. The number of carbonyl (C=O) groups is 1. The maximum absolute atomic E-state index is 12.9. The van der Waals surface area contributed by atoms with Gasteiger partial charge < -0.3 is 27.1 Å². The van der Waals surface area contributed by atoms with Crippen LogP contribution in [0.25, 0.3) is 0 Å². The van der Waals surface area contributed by atoms with Gasteiger partial charge in [0.1, 0.15) is 11.7 Å². The van der Waals surface area contributed by atoms with Crippen LogP contribution in [0.4, 0.5) is 15.8 Å². The number of amidine groups is 1. The molecule has 0 aliphatic carbocycles. The summed E-state index contributed by atoms with van der Waals surface area (Å²) < 4.78 is 12.9. The van der Waals surface area contributed by atoms with Crippen molar-refractivity contribution in [3.05, 3.63) is 94.8 Å². The number of anilines is 2. The molecule has 0 atom stereocenters. The quantitative estimate of drug-likeness (QED) is 0.0806. The maximum atomic E-state index is 12.9. The number of hydrazine groups is 1. The summed E-state index contributed by atoms with van der Waals surface area (Å²) in [5, 5.41) is 9.89. The Morgan fingerprint density at radius 1 is 1.00 bits per heavy atom. The number of nitrogens with two attached hydrogens (primary N) is 3. The zero-order chi connectivity index (χ0) is 25.8. The SMILES string of the molecule is CN(C)CCNC(=O)c1ccc(C#Cc2ccc(F)cc2)c(NN)c1.N=C(N)c1ccc(N)cc1. The van der Waals surface area contributed by atoms with E-state index in [4.69, 9.17) is 22.7 Å². The molecule has 9 N–H and O–H groups in total. The molecule has 0 fully saturated rings. The topological polar surface area (TPSA) is 146 Å². The summed E-state index contributed by atoms with van der Waals surface area (Å²) in [6, 6.07) is 17.9. The number of hydrogen-bond acceptors (Lipinski definition) is 6. The monoisotopic (exact) mass is 475 g/mol. The van der Waals surface area contributed by atoms with Gasteiger partial charge in [-0.3, -0.25) is 16.0 Å². The van der Waals surface area contributed by atoms with Gasteiger partial charge >= 0.3 is 0 Å². The molecule has 0 radical (unpaired) electrons. The minimum absolute atomic E-state index is 0.0694. The highest BCUT2D eigenvalue weighted by Crippen LogP contribution is 2.16. The molecule has 8 nitrogen and oxygen atoms in total. The van der Waals surface area contributed by atoms with E-state index in [2.05, 4.69) is 22.6 Å². The lowest BCUT2D eigenvalue weighted by Crippen LogP contribution is -2.31. The molecule has 0 saturated heterocycles. The van der Waals surface area contributed by atoms with E-state index in [-0.39, 0.29) is 17.6 Å². The first kappa shape index (κ1) is 26.9. The number of amides is 1. The van der Waals surface area contributed by atoms with Crippen LogP contribution in [0, 0.1) is 23.1 Å². The van der Waals surface area contributed by atoms with E-state index in [1.165, 1.54) is 12.1 Å². The second-order valence-corrected chi connectivity index (χ2v) is 7.76. The summed E-state index contributed by atoms with van der Waals surface area (Å²) in [5.41, 5.74) is 17.0. The van der Waals surface area contributed by atoms with Gasteiger partial charge in [-0.15, -0.1) is 0 Å². The Hall–Kier alpha value is -4.39. The van der Waals surface area contributed by atoms with Gasteiger partial charge in [-0.05, 0) is 80.8 Å². The van der Waals surface area contributed by atoms with Gasteiger partial charge in [-0.25, -0.2) is 4.39 Å². The Labute approximate surface area is 204 Å². The normalized spacial score (nSPS) is 9.86. The van der Waals surface area contributed by atoms with Crippen LogP contribution in [0.2, 0.25) is 0 Å². The Morgan fingerprint density at radius 2 is 1.63 bits per heavy atom. The van der Waals surface area contributed by atoms with Crippen molar-refractivity contribution in [3.8, 4) is 11.8 Å². The number of rotatable bonds is 6. The molecule has 182 valence electrons. The number of likely N-dealkylation sites (N-methyl/N-ethyl adjacent to an activating group) is 1. The third-order valence-corrected chi connectivity index (χ3v) is 4.69. The number of halogens is 1. The zero-order valence-corrected chi connectivity index (χ0v) is 19.7. The van der Waals surface area contributed by atoms with Gasteiger partial charge in [0.25, 0.3) is 5.91 Å². The first-order chi connectivity index (χ1) is 16.7. The second-order valence-electron chi connectivity index (χ2n) is 7.76. The maximum Gasteiger partial charge on any atom is 0.251 e. The number of nitrogen functional groups attached to an aromatic ring is 3. The summed E-state index contributed by atoms with van der Waals surface area (Å²) in [7, 11) is 3.88. The van der Waals surface area contributed by atoms with E-state index < -0.39 is 0 Å². The molecule has 0 heterocycles. The zero-order valence-electron chi connectivity index (χ0n) is 19.7. The van der Waals surface area contributed by atoms with E-state index in [1.54, 1.807) is 54.6 Å². The Balaban J connectivity index is 0.000000360. The molecular weight excluding hydrogens is 445 g/mol. The van der Waals surface area contributed by atoms with Crippen molar-refractivity contribution in [3.63, 3.8) is 0 Å². The summed E-state index contributed by atoms with van der Waals surface area (Å²) >= 11 is 0. The standard InChI is InChI=1S/C19H21FN4O.C7H9N3/c1-24(2)12-11-22-19(25)16-8-7-15(18(13-16)23-21)6-3-14-4-9-17(20)10-5-14;8-6-3-1-5(2-4-6)7(9)10/h4-5,7-10,13,23H,11-12,21H2,1-2H3,(H,22,25);1-4H,8H2,(H3,9,10). The van der Waals surface area contributed by atoms with Crippen molar-refractivity contribution in [1.29, 1.82) is 5.41 Å². The molecule has 0 bridgehead atoms. The van der Waals surface area contributed by atoms with Crippen molar-refractivity contribution >= 4 is 23.1 Å². The summed E-state index contributed by atoms with van der Waals surface area (Å²) in [4.78, 5) is 14.1. The van der Waals surface area contributed by atoms with Crippen LogP contribution in [0.15, 0.2) is 66.7 Å². The average molecular weight is 476 g/mol. The number of nitrogens with one attached hydrogen (secondary N) is 3. The lowest BCUT2D eigenvalue weighted by molar-refractivity contribution is 0.0951. The number of benzene rings is 3. The first-order valence-corrected chi connectivity index (χ1v) is 10.7. The van der Waals surface area contributed by atoms with Crippen molar-refractivity contribution in [1.82, 2.24) is 10.2 Å². The van der Waals surface area contributed by atoms with E-state index >= 15 is 0 Å². The summed E-state index contributed by atoms with van der Waals surface area (Å²) in [6.07, 6.45) is 0. The van der Waals surface area contributed by atoms with E-state index in [0.717, 1.165) is 6.54 Å². The van der Waals surface area contributed by atoms with Crippen LogP contribution >= 0.6 is 0 Å². The van der Waals surface area contributed by atoms with Crippen LogP contribution in [-0.4, -0.2) is 43.8 Å². The van der Waals surface area contributed by atoms with Gasteiger partial charge in [0.15, 0.2) is 0 Å². The summed E-state index contributed by atoms with van der Waals surface area (Å²) in [6.45, 7) is 1.32. The number of nitrogens with zero attached hydrogens (tertiary/aromatic N) is 1. The molecule has 0 unspecified atom stereocenters. The second kappa shape index (κ2) is 13.3. The van der Waals surface area contributed by atoms with Crippen molar-refractivity contribution in [2.45, 2.75) is 0 Å². The highest BCUT2D eigenvalue weighted by molar-refractivity contribution is 5.96. The smallest absolute Gasteiger partial charge is 0.251 e. The molecule has 0 aromatic heterocycles. The molecule has 0 aliphatic heterocycles. The number of carbonyl (C=O) groups excluding carboxylic acids is 1. The van der Waals surface area contributed by atoms with Gasteiger partial charge in [0, 0.05) is 41.0 Å². The van der Waals surface area contributed by atoms with Gasteiger partial charge in [0.2, 0.25) is 0 Å². The van der Waals surface area contributed by atoms with E-state index in [9.17, 15) is 9.18 Å². The predicted octanol–water partition coefficient (Wildman–Crippen LogP) is 2.36. The highest BCUT2D eigenvalue weighted by atomic mass is 19.1. The number of hydrogen-bond donors (Lipinski definition) is 6. The Bertz CT molecular complexity index is 1200. The molecule has 1 amide bonds. The third-order valence-electron chi connectivity index (χ3n) is 4.69. The summed E-state index contributed by atoms with van der Waals surface area (Å²) in [5.74, 6) is 11.0. The lowest BCUT2D eigenvalue weighted by atomic mass is 10.1. The molecule has 3 rings (SSSR count). The van der Waals surface area contributed by atoms with Crippen LogP contribution in [0.5, 0.6) is 0 Å². The fourth-order valence-corrected chi connectivity index (χ4v) is 2.74. The van der Waals surface area contributed by atoms with Crippen LogP contribution in [0.3, 0.4) is 0 Å². The first-order valence-electron chi connectivity index (χ1n) is 10.7. The molecule has 3 aromatic rings. The average Bonchev–Trinajstić information content (AvgIpc) is 2.84. The van der Waals surface area contributed by atoms with Gasteiger partial charge in [0.05, 0.1) is 5.69 Å². The molecule has 0 spiro atoms. The van der Waals surface area contributed by atoms with Gasteiger partial charge in [-0.1, -0.05) is 11.8 Å². The fraction of sp³-hybridized carbons (Fsp3) is 0.154. The highest BCUT2D eigenvalue weighted by Gasteiger charge is 2.08. The molecule has 35 heavy (non-hydrogen) atoms. The van der Waals surface area contributed by atoms with Crippen LogP contribution < -0.4 is 28.1 Å². The predicted molar refractivity (Wildman–Crippen MR) is 139 cm³/mol. The van der Waals surface area contributed by atoms with Crippen LogP contribution in [-0.2, 0) is 0 Å². The molecule has 0 saturated carbocycles. The van der Waals surface area contributed by atoms with E-state index in [0.29, 0.717) is 40.2 Å².